The van der Waals surface area contributed by atoms with Crippen molar-refractivity contribution in [3.05, 3.63) is 11.9 Å². The minimum absolute atomic E-state index is 0.00686. The number of carbonyl (C=O) groups is 1. The number of aromatic amines is 1. The number of aliphatic hydroxyl groups is 1. The highest BCUT2D eigenvalue weighted by atomic mass is 16.3. The minimum atomic E-state index is -0.290. The van der Waals surface area contributed by atoms with Gasteiger partial charge in [0.15, 0.2) is 0 Å². The Morgan fingerprint density at radius 1 is 1.67 bits per heavy atom. The summed E-state index contributed by atoms with van der Waals surface area (Å²) in [6.45, 7) is 2.39. The van der Waals surface area contributed by atoms with Crippen molar-refractivity contribution in [1.82, 2.24) is 25.6 Å². The predicted molar refractivity (Wildman–Crippen MR) is 64.8 cm³/mol. The van der Waals surface area contributed by atoms with E-state index in [-0.39, 0.29) is 12.0 Å². The summed E-state index contributed by atoms with van der Waals surface area (Å²) < 4.78 is 0. The van der Waals surface area contributed by atoms with Crippen LogP contribution in [0.25, 0.3) is 0 Å². The number of likely N-dealkylation sites (tertiary alicyclic amines) is 1. The third-order valence-electron chi connectivity index (χ3n) is 3.02. The summed E-state index contributed by atoms with van der Waals surface area (Å²) in [6.07, 6.45) is 3.82. The van der Waals surface area contributed by atoms with Crippen LogP contribution in [0.5, 0.6) is 0 Å². The smallest absolute Gasteiger partial charge is 0.234 e. The van der Waals surface area contributed by atoms with Crippen LogP contribution in [-0.4, -0.2) is 63.6 Å². The summed E-state index contributed by atoms with van der Waals surface area (Å²) in [4.78, 5) is 13.7. The minimum Gasteiger partial charge on any atom is -0.392 e. The lowest BCUT2D eigenvalue weighted by Crippen LogP contribution is -2.44. The van der Waals surface area contributed by atoms with E-state index in [9.17, 15) is 9.90 Å². The molecule has 1 amide bonds. The van der Waals surface area contributed by atoms with Gasteiger partial charge in [0, 0.05) is 19.5 Å². The number of aromatic nitrogens is 3. The molecule has 1 fully saturated rings. The highest BCUT2D eigenvalue weighted by molar-refractivity contribution is 5.78. The number of carbonyl (C=O) groups excluding carboxylic acids is 1. The molecule has 1 aliphatic heterocycles. The first-order valence-corrected chi connectivity index (χ1v) is 6.26. The summed E-state index contributed by atoms with van der Waals surface area (Å²) in [7, 11) is 0. The highest BCUT2D eigenvalue weighted by Crippen LogP contribution is 2.08. The Bertz CT molecular complexity index is 368. The number of H-pyrrole nitrogens is 1. The number of nitrogens with zero attached hydrogens (tertiary/aromatic N) is 3. The van der Waals surface area contributed by atoms with E-state index in [0.717, 1.165) is 25.1 Å². The molecule has 3 N–H and O–H groups in total. The third kappa shape index (κ3) is 4.08. The molecule has 1 aromatic heterocycles. The molecule has 1 aromatic rings. The van der Waals surface area contributed by atoms with E-state index >= 15 is 0 Å². The molecule has 0 bridgehead atoms. The van der Waals surface area contributed by atoms with Gasteiger partial charge in [-0.1, -0.05) is 0 Å². The largest absolute Gasteiger partial charge is 0.392 e. The first kappa shape index (κ1) is 13.0. The Hall–Kier alpha value is -1.47. The van der Waals surface area contributed by atoms with Crippen molar-refractivity contribution < 1.29 is 9.90 Å². The Morgan fingerprint density at radius 3 is 3.28 bits per heavy atom. The van der Waals surface area contributed by atoms with Crippen molar-refractivity contribution in [3.8, 4) is 0 Å². The second kappa shape index (κ2) is 6.46. The van der Waals surface area contributed by atoms with Crippen molar-refractivity contribution in [3.63, 3.8) is 0 Å². The standard InChI is InChI=1S/C11H19N5O2/c17-10-2-1-5-16(7-10)8-11(18)12-4-3-9-6-13-15-14-9/h6,10,17H,1-5,7-8H2,(H,12,18)(H,13,14,15). The normalized spacial score (nSPS) is 20.8. The average molecular weight is 253 g/mol. The lowest BCUT2D eigenvalue weighted by molar-refractivity contribution is -0.122. The number of amides is 1. The zero-order valence-electron chi connectivity index (χ0n) is 10.3. The lowest BCUT2D eigenvalue weighted by Gasteiger charge is -2.29. The molecule has 2 heterocycles. The number of piperidine rings is 1. The topological polar surface area (TPSA) is 94.1 Å². The van der Waals surface area contributed by atoms with Crippen LogP contribution < -0.4 is 5.32 Å². The van der Waals surface area contributed by atoms with Gasteiger partial charge < -0.3 is 10.4 Å². The molecular formula is C11H19N5O2. The van der Waals surface area contributed by atoms with Gasteiger partial charge in [-0.25, -0.2) is 0 Å². The molecule has 0 aromatic carbocycles. The van der Waals surface area contributed by atoms with Gasteiger partial charge in [0.2, 0.25) is 5.91 Å². The maximum atomic E-state index is 11.7. The van der Waals surface area contributed by atoms with Crippen molar-refractivity contribution in [2.75, 3.05) is 26.2 Å². The predicted octanol–water partition coefficient (Wildman–Crippen LogP) is -1.08. The molecular weight excluding hydrogens is 234 g/mol. The van der Waals surface area contributed by atoms with Gasteiger partial charge in [0.25, 0.3) is 0 Å². The third-order valence-corrected chi connectivity index (χ3v) is 3.02. The van der Waals surface area contributed by atoms with E-state index in [0.29, 0.717) is 26.1 Å². The number of β-amino-alcohol motifs (C(OH)–C–C–N with tert-alkyl or cyclic N) is 1. The maximum Gasteiger partial charge on any atom is 0.234 e. The molecule has 0 aliphatic carbocycles. The molecule has 1 atom stereocenters. The molecule has 1 aliphatic rings. The molecule has 1 saturated heterocycles. The first-order valence-electron chi connectivity index (χ1n) is 6.26. The molecule has 0 radical (unpaired) electrons. The van der Waals surface area contributed by atoms with Gasteiger partial charge in [-0.05, 0) is 19.4 Å². The number of hydrogen-bond acceptors (Lipinski definition) is 5. The summed E-state index contributed by atoms with van der Waals surface area (Å²) in [5.74, 6) is -0.00686. The van der Waals surface area contributed by atoms with Crippen LogP contribution in [0.4, 0.5) is 0 Å². The molecule has 7 nitrogen and oxygen atoms in total. The van der Waals surface area contributed by atoms with E-state index < -0.39 is 0 Å². The van der Waals surface area contributed by atoms with Crippen LogP contribution in [0.2, 0.25) is 0 Å². The molecule has 18 heavy (non-hydrogen) atoms. The van der Waals surface area contributed by atoms with E-state index in [1.54, 1.807) is 6.20 Å². The zero-order chi connectivity index (χ0) is 12.8. The average Bonchev–Trinajstić information content (AvgIpc) is 2.82. The monoisotopic (exact) mass is 253 g/mol. The molecule has 100 valence electrons. The second-order valence-corrected chi connectivity index (χ2v) is 4.59. The SMILES string of the molecule is O=C(CN1CCCC(O)C1)NCCc1cn[nH]n1. The fourth-order valence-corrected chi connectivity index (χ4v) is 2.11. The van der Waals surface area contributed by atoms with Gasteiger partial charge in [-0.3, -0.25) is 9.69 Å². The Morgan fingerprint density at radius 2 is 2.56 bits per heavy atom. The van der Waals surface area contributed by atoms with Crippen LogP contribution >= 0.6 is 0 Å². The van der Waals surface area contributed by atoms with E-state index in [4.69, 9.17) is 0 Å². The van der Waals surface area contributed by atoms with Crippen LogP contribution in [0.3, 0.4) is 0 Å². The van der Waals surface area contributed by atoms with Gasteiger partial charge >= 0.3 is 0 Å². The highest BCUT2D eigenvalue weighted by Gasteiger charge is 2.19. The number of rotatable bonds is 5. The molecule has 1 unspecified atom stereocenters. The van der Waals surface area contributed by atoms with E-state index in [1.807, 2.05) is 4.90 Å². The summed E-state index contributed by atoms with van der Waals surface area (Å²) in [5, 5.41) is 22.5. The van der Waals surface area contributed by atoms with Gasteiger partial charge in [0.05, 0.1) is 24.5 Å². The molecule has 0 saturated carbocycles. The number of nitrogens with one attached hydrogen (secondary N) is 2. The first-order chi connectivity index (χ1) is 8.74. The molecule has 7 heteroatoms. The summed E-state index contributed by atoms with van der Waals surface area (Å²) >= 11 is 0. The van der Waals surface area contributed by atoms with Crippen LogP contribution in [0.15, 0.2) is 6.20 Å². The summed E-state index contributed by atoms with van der Waals surface area (Å²) in [5.41, 5.74) is 0.837. The fraction of sp³-hybridized carbons (Fsp3) is 0.727. The molecule has 0 spiro atoms. The van der Waals surface area contributed by atoms with Crippen molar-refractivity contribution in [2.45, 2.75) is 25.4 Å². The molecule has 2 rings (SSSR count). The lowest BCUT2D eigenvalue weighted by atomic mass is 10.1. The van der Waals surface area contributed by atoms with Gasteiger partial charge in [0.1, 0.15) is 0 Å². The quantitative estimate of drug-likeness (QED) is 0.620. The number of aliphatic hydroxyl groups excluding tert-OH is 1. The van der Waals surface area contributed by atoms with Crippen LogP contribution in [0, 0.1) is 0 Å². The Kier molecular flexibility index (Phi) is 4.66. The van der Waals surface area contributed by atoms with Crippen molar-refractivity contribution >= 4 is 5.91 Å². The van der Waals surface area contributed by atoms with E-state index in [1.165, 1.54) is 0 Å². The number of hydrogen-bond donors (Lipinski definition) is 3. The van der Waals surface area contributed by atoms with Crippen LogP contribution in [-0.2, 0) is 11.2 Å². The van der Waals surface area contributed by atoms with E-state index in [2.05, 4.69) is 20.7 Å². The fourth-order valence-electron chi connectivity index (χ4n) is 2.11. The van der Waals surface area contributed by atoms with Crippen molar-refractivity contribution in [2.24, 2.45) is 0 Å². The summed E-state index contributed by atoms with van der Waals surface area (Å²) in [6, 6.07) is 0. The maximum absolute atomic E-state index is 11.7. The van der Waals surface area contributed by atoms with Gasteiger partial charge in [-0.2, -0.15) is 15.4 Å². The van der Waals surface area contributed by atoms with Crippen LogP contribution in [0.1, 0.15) is 18.5 Å². The zero-order valence-corrected chi connectivity index (χ0v) is 10.3. The van der Waals surface area contributed by atoms with Crippen molar-refractivity contribution in [1.29, 1.82) is 0 Å². The Balaban J connectivity index is 1.62. The second-order valence-electron chi connectivity index (χ2n) is 4.59. The Labute approximate surface area is 106 Å². The van der Waals surface area contributed by atoms with Gasteiger partial charge in [-0.15, -0.1) is 0 Å².